The summed E-state index contributed by atoms with van der Waals surface area (Å²) in [5, 5.41) is 9.90. The number of thiophene rings is 1. The number of rotatable bonds is 6. The number of ether oxygens (including phenoxy) is 1. The molecule has 7 nitrogen and oxygen atoms in total. The van der Waals surface area contributed by atoms with E-state index in [-0.39, 0.29) is 6.54 Å². The van der Waals surface area contributed by atoms with Gasteiger partial charge in [0.2, 0.25) is 5.06 Å². The quantitative estimate of drug-likeness (QED) is 0.353. The van der Waals surface area contributed by atoms with E-state index >= 15 is 0 Å². The number of pyridine rings is 1. The van der Waals surface area contributed by atoms with Gasteiger partial charge in [-0.25, -0.2) is 9.78 Å². The van der Waals surface area contributed by atoms with Gasteiger partial charge in [0.1, 0.15) is 5.65 Å². The maximum Gasteiger partial charge on any atom is 0.414 e. The number of H-pyrrole nitrogens is 1. The molecule has 1 amide bonds. The van der Waals surface area contributed by atoms with Gasteiger partial charge in [-0.1, -0.05) is 23.7 Å². The minimum absolute atomic E-state index is 0.216. The molecule has 1 unspecified atom stereocenters. The first kappa shape index (κ1) is 19.3. The number of benzene rings is 1. The predicted molar refractivity (Wildman–Crippen MR) is 116 cm³/mol. The van der Waals surface area contributed by atoms with Crippen molar-refractivity contribution in [3.8, 4) is 5.06 Å². The number of nitrogens with one attached hydrogen (secondary N) is 3. The SMILES string of the molecule is NCC(NC(=O)Oc1sccc1Nc1ccnc2[nH]ccc12)c1cccc(Cl)c1. The number of carbonyl (C=O) groups excluding carboxylic acids is 1. The fraction of sp³-hybridized carbons (Fsp3) is 0.100. The lowest BCUT2D eigenvalue weighted by atomic mass is 10.1. The van der Waals surface area contributed by atoms with Crippen LogP contribution in [0, 0.1) is 0 Å². The van der Waals surface area contributed by atoms with E-state index in [1.807, 2.05) is 41.9 Å². The number of aromatic nitrogens is 2. The molecule has 1 atom stereocenters. The van der Waals surface area contributed by atoms with E-state index in [0.29, 0.717) is 15.8 Å². The Kier molecular flexibility index (Phi) is 5.66. The summed E-state index contributed by atoms with van der Waals surface area (Å²) in [4.78, 5) is 19.8. The van der Waals surface area contributed by atoms with E-state index in [1.54, 1.807) is 18.3 Å². The minimum Gasteiger partial charge on any atom is -0.397 e. The van der Waals surface area contributed by atoms with E-state index in [4.69, 9.17) is 22.1 Å². The minimum atomic E-state index is -0.590. The van der Waals surface area contributed by atoms with Crippen molar-refractivity contribution in [1.82, 2.24) is 15.3 Å². The molecule has 4 rings (SSSR count). The molecule has 0 aliphatic carbocycles. The van der Waals surface area contributed by atoms with Crippen LogP contribution in [0.4, 0.5) is 16.2 Å². The van der Waals surface area contributed by atoms with Gasteiger partial charge in [-0.3, -0.25) is 0 Å². The van der Waals surface area contributed by atoms with Crippen molar-refractivity contribution < 1.29 is 9.53 Å². The van der Waals surface area contributed by atoms with Gasteiger partial charge >= 0.3 is 6.09 Å². The normalized spacial score (nSPS) is 11.9. The summed E-state index contributed by atoms with van der Waals surface area (Å²) in [6.45, 7) is 0.216. The lowest BCUT2D eigenvalue weighted by Gasteiger charge is -2.17. The summed E-state index contributed by atoms with van der Waals surface area (Å²) in [5.41, 5.74) is 8.95. The highest BCUT2D eigenvalue weighted by atomic mass is 35.5. The van der Waals surface area contributed by atoms with E-state index < -0.39 is 12.1 Å². The molecule has 1 aromatic carbocycles. The third-order valence-electron chi connectivity index (χ3n) is 4.32. The topological polar surface area (TPSA) is 105 Å². The van der Waals surface area contributed by atoms with Crippen LogP contribution in [0.15, 0.2) is 60.2 Å². The highest BCUT2D eigenvalue weighted by Gasteiger charge is 2.17. The predicted octanol–water partition coefficient (Wildman–Crippen LogP) is 4.81. The largest absolute Gasteiger partial charge is 0.414 e. The van der Waals surface area contributed by atoms with Crippen molar-refractivity contribution in [3.05, 3.63) is 70.8 Å². The zero-order valence-electron chi connectivity index (χ0n) is 15.2. The number of fused-ring (bicyclic) bond motifs is 1. The highest BCUT2D eigenvalue weighted by Crippen LogP contribution is 2.35. The Bertz CT molecular complexity index is 1140. The smallest absolute Gasteiger partial charge is 0.397 e. The van der Waals surface area contributed by atoms with Crippen LogP contribution < -0.4 is 21.1 Å². The third kappa shape index (κ3) is 4.34. The number of hydrogen-bond donors (Lipinski definition) is 4. The van der Waals surface area contributed by atoms with Crippen LogP contribution in [0.5, 0.6) is 5.06 Å². The van der Waals surface area contributed by atoms with Crippen LogP contribution in [0.3, 0.4) is 0 Å². The third-order valence-corrected chi connectivity index (χ3v) is 5.35. The molecule has 0 aliphatic rings. The number of nitrogens with two attached hydrogens (primary N) is 1. The average molecular weight is 428 g/mol. The second-order valence-corrected chi connectivity index (χ2v) is 7.54. The summed E-state index contributed by atoms with van der Waals surface area (Å²) in [6.07, 6.45) is 2.94. The van der Waals surface area contributed by atoms with Crippen LogP contribution in [-0.4, -0.2) is 22.6 Å². The Labute approximate surface area is 175 Å². The first-order valence-electron chi connectivity index (χ1n) is 8.84. The van der Waals surface area contributed by atoms with Crippen molar-refractivity contribution in [3.63, 3.8) is 0 Å². The molecule has 148 valence electrons. The number of amides is 1. The molecule has 0 saturated carbocycles. The summed E-state index contributed by atoms with van der Waals surface area (Å²) in [5.74, 6) is 0. The van der Waals surface area contributed by atoms with Gasteiger partial charge in [-0.15, -0.1) is 11.3 Å². The molecule has 29 heavy (non-hydrogen) atoms. The molecule has 9 heteroatoms. The second-order valence-electron chi connectivity index (χ2n) is 6.22. The molecule has 3 heterocycles. The Morgan fingerprint density at radius 3 is 3.00 bits per heavy atom. The number of aromatic amines is 1. The van der Waals surface area contributed by atoms with Crippen molar-refractivity contribution in [2.75, 3.05) is 11.9 Å². The van der Waals surface area contributed by atoms with E-state index in [2.05, 4.69) is 20.6 Å². The van der Waals surface area contributed by atoms with Crippen LogP contribution in [0.25, 0.3) is 11.0 Å². The van der Waals surface area contributed by atoms with Crippen LogP contribution in [0.2, 0.25) is 5.02 Å². The number of carbonyl (C=O) groups is 1. The maximum absolute atomic E-state index is 12.5. The molecule has 0 aliphatic heterocycles. The van der Waals surface area contributed by atoms with Crippen LogP contribution in [-0.2, 0) is 0 Å². The summed E-state index contributed by atoms with van der Waals surface area (Å²) in [6, 6.07) is 12.4. The average Bonchev–Trinajstić information content (AvgIpc) is 3.36. The summed E-state index contributed by atoms with van der Waals surface area (Å²) >= 11 is 7.35. The Balaban J connectivity index is 1.47. The molecular formula is C20H18ClN5O2S. The van der Waals surface area contributed by atoms with Gasteiger partial charge in [0.15, 0.2) is 0 Å². The van der Waals surface area contributed by atoms with Gasteiger partial charge < -0.3 is 26.1 Å². The van der Waals surface area contributed by atoms with E-state index in [9.17, 15) is 4.79 Å². The van der Waals surface area contributed by atoms with Gasteiger partial charge in [0, 0.05) is 29.3 Å². The zero-order valence-corrected chi connectivity index (χ0v) is 16.8. The van der Waals surface area contributed by atoms with Crippen LogP contribution >= 0.6 is 22.9 Å². The summed E-state index contributed by atoms with van der Waals surface area (Å²) < 4.78 is 5.53. The summed E-state index contributed by atoms with van der Waals surface area (Å²) in [7, 11) is 0. The monoisotopic (exact) mass is 427 g/mol. The zero-order chi connectivity index (χ0) is 20.2. The molecule has 4 aromatic rings. The lowest BCUT2D eigenvalue weighted by Crippen LogP contribution is -2.35. The maximum atomic E-state index is 12.5. The Morgan fingerprint density at radius 1 is 1.28 bits per heavy atom. The molecule has 0 spiro atoms. The van der Waals surface area contributed by atoms with Gasteiger partial charge in [0.05, 0.1) is 17.4 Å². The fourth-order valence-corrected chi connectivity index (χ4v) is 3.84. The molecule has 0 bridgehead atoms. The molecule has 5 N–H and O–H groups in total. The molecule has 0 fully saturated rings. The number of nitrogens with zero attached hydrogens (tertiary/aromatic N) is 1. The number of hydrogen-bond acceptors (Lipinski definition) is 6. The first-order chi connectivity index (χ1) is 14.1. The number of anilines is 2. The van der Waals surface area contributed by atoms with Gasteiger partial charge in [-0.05, 0) is 41.3 Å². The van der Waals surface area contributed by atoms with Gasteiger partial charge in [-0.2, -0.15) is 0 Å². The fourth-order valence-electron chi connectivity index (χ4n) is 2.94. The van der Waals surface area contributed by atoms with Crippen molar-refractivity contribution >= 4 is 51.4 Å². The number of halogens is 1. The molecule has 3 aromatic heterocycles. The first-order valence-corrected chi connectivity index (χ1v) is 10.1. The van der Waals surface area contributed by atoms with E-state index in [0.717, 1.165) is 22.3 Å². The molecule has 0 radical (unpaired) electrons. The van der Waals surface area contributed by atoms with Crippen molar-refractivity contribution in [2.45, 2.75) is 6.04 Å². The molecule has 0 saturated heterocycles. The van der Waals surface area contributed by atoms with Crippen molar-refractivity contribution in [1.29, 1.82) is 0 Å². The Hall–Kier alpha value is -3.07. The van der Waals surface area contributed by atoms with Crippen molar-refractivity contribution in [2.24, 2.45) is 5.73 Å². The van der Waals surface area contributed by atoms with E-state index in [1.165, 1.54) is 11.3 Å². The molecular weight excluding hydrogens is 410 g/mol. The van der Waals surface area contributed by atoms with Gasteiger partial charge in [0.25, 0.3) is 0 Å². The second kappa shape index (κ2) is 8.52. The van der Waals surface area contributed by atoms with Crippen LogP contribution in [0.1, 0.15) is 11.6 Å². The Morgan fingerprint density at radius 2 is 2.17 bits per heavy atom. The lowest BCUT2D eigenvalue weighted by molar-refractivity contribution is 0.198. The highest BCUT2D eigenvalue weighted by molar-refractivity contribution is 7.12. The standard InChI is InChI=1S/C20H18ClN5O2S/c21-13-3-1-2-12(10-13)17(11-22)26-20(27)28-19-16(6-9-29-19)25-15-5-8-24-18-14(15)4-7-23-18/h1-10,17H,11,22H2,(H,26,27)(H2,23,24,25).